The highest BCUT2D eigenvalue weighted by molar-refractivity contribution is 9.10. The van der Waals surface area contributed by atoms with Crippen LogP contribution in [0.15, 0.2) is 22.7 Å². The Morgan fingerprint density at radius 1 is 1.57 bits per heavy atom. The fourth-order valence-corrected chi connectivity index (χ4v) is 1.58. The van der Waals surface area contributed by atoms with Crippen LogP contribution >= 0.6 is 15.9 Å². The first-order valence-electron chi connectivity index (χ1n) is 4.44. The largest absolute Gasteiger partial charge is 0.395 e. The van der Waals surface area contributed by atoms with Crippen molar-refractivity contribution in [3.63, 3.8) is 0 Å². The normalized spacial score (nSPS) is 12.9. The zero-order valence-corrected chi connectivity index (χ0v) is 9.51. The topological polar surface area (TPSA) is 32.3 Å². The zero-order valence-electron chi connectivity index (χ0n) is 7.93. The summed E-state index contributed by atoms with van der Waals surface area (Å²) in [6.45, 7) is 2.39. The second-order valence-electron chi connectivity index (χ2n) is 3.07. The molecule has 0 radical (unpaired) electrons. The molecule has 2 nitrogen and oxygen atoms in total. The quantitative estimate of drug-likeness (QED) is 0.872. The van der Waals surface area contributed by atoms with E-state index in [0.29, 0.717) is 12.1 Å². The second kappa shape index (κ2) is 5.44. The van der Waals surface area contributed by atoms with E-state index < -0.39 is 0 Å². The van der Waals surface area contributed by atoms with Gasteiger partial charge in [0.2, 0.25) is 0 Å². The summed E-state index contributed by atoms with van der Waals surface area (Å²) in [7, 11) is 0. The van der Waals surface area contributed by atoms with Crippen LogP contribution in [0.1, 0.15) is 18.5 Å². The van der Waals surface area contributed by atoms with E-state index in [1.165, 1.54) is 6.07 Å². The lowest BCUT2D eigenvalue weighted by Crippen LogP contribution is -2.22. The van der Waals surface area contributed by atoms with Crippen molar-refractivity contribution in [2.75, 3.05) is 13.2 Å². The summed E-state index contributed by atoms with van der Waals surface area (Å²) >= 11 is 3.20. The second-order valence-corrected chi connectivity index (χ2v) is 3.98. The fraction of sp³-hybridized carbons (Fsp3) is 0.400. The molecule has 0 aliphatic carbocycles. The molecule has 0 fully saturated rings. The Morgan fingerprint density at radius 2 is 2.29 bits per heavy atom. The third kappa shape index (κ3) is 3.04. The molecule has 0 saturated carbocycles. The van der Waals surface area contributed by atoms with Gasteiger partial charge in [0.1, 0.15) is 5.82 Å². The van der Waals surface area contributed by atoms with E-state index in [1.807, 2.05) is 6.92 Å². The van der Waals surface area contributed by atoms with Gasteiger partial charge >= 0.3 is 0 Å². The molecule has 1 unspecified atom stereocenters. The third-order valence-electron chi connectivity index (χ3n) is 1.99. The molecule has 4 heteroatoms. The highest BCUT2D eigenvalue weighted by Gasteiger charge is 2.09. The van der Waals surface area contributed by atoms with Crippen molar-refractivity contribution < 1.29 is 9.50 Å². The van der Waals surface area contributed by atoms with Crippen molar-refractivity contribution in [3.05, 3.63) is 34.1 Å². The first-order chi connectivity index (χ1) is 6.65. The molecular weight excluding hydrogens is 249 g/mol. The minimum atomic E-state index is -0.239. The van der Waals surface area contributed by atoms with Crippen molar-refractivity contribution in [3.8, 4) is 0 Å². The summed E-state index contributed by atoms with van der Waals surface area (Å²) in [4.78, 5) is 0. The van der Waals surface area contributed by atoms with Gasteiger partial charge in [-0.25, -0.2) is 4.39 Å². The number of nitrogens with one attached hydrogen (secondary N) is 1. The maximum Gasteiger partial charge on any atom is 0.129 e. The highest BCUT2D eigenvalue weighted by Crippen LogP contribution is 2.20. The lowest BCUT2D eigenvalue weighted by molar-refractivity contribution is 0.285. The van der Waals surface area contributed by atoms with Crippen molar-refractivity contribution in [2.45, 2.75) is 13.0 Å². The van der Waals surface area contributed by atoms with E-state index in [0.717, 1.165) is 4.47 Å². The Bertz CT molecular complexity index is 306. The summed E-state index contributed by atoms with van der Waals surface area (Å²) in [5, 5.41) is 11.6. The number of benzene rings is 1. The molecule has 1 atom stereocenters. The van der Waals surface area contributed by atoms with Crippen LogP contribution in [0.5, 0.6) is 0 Å². The lowest BCUT2D eigenvalue weighted by Gasteiger charge is -2.14. The Labute approximate surface area is 91.3 Å². The number of rotatable bonds is 4. The van der Waals surface area contributed by atoms with Gasteiger partial charge in [-0.2, -0.15) is 0 Å². The fourth-order valence-electron chi connectivity index (χ4n) is 1.24. The number of hydrogen-bond donors (Lipinski definition) is 2. The Balaban J connectivity index is 2.74. The molecule has 0 heterocycles. The average Bonchev–Trinajstić information content (AvgIpc) is 2.14. The van der Waals surface area contributed by atoms with Gasteiger partial charge in [0, 0.05) is 22.6 Å². The predicted molar refractivity (Wildman–Crippen MR) is 57.6 cm³/mol. The van der Waals surface area contributed by atoms with Gasteiger partial charge in [0.05, 0.1) is 6.61 Å². The molecule has 0 aliphatic heterocycles. The molecule has 14 heavy (non-hydrogen) atoms. The van der Waals surface area contributed by atoms with E-state index in [9.17, 15) is 4.39 Å². The van der Waals surface area contributed by atoms with Gasteiger partial charge in [-0.1, -0.05) is 22.0 Å². The standard InChI is InChI=1S/C10H13BrFNO/c1-7(13-4-5-14)9-3-2-8(11)6-10(9)12/h2-3,6-7,13-14H,4-5H2,1H3. The molecular formula is C10H13BrFNO. The van der Waals surface area contributed by atoms with Gasteiger partial charge in [-0.15, -0.1) is 0 Å². The predicted octanol–water partition coefficient (Wildman–Crippen LogP) is 2.23. The lowest BCUT2D eigenvalue weighted by atomic mass is 10.1. The van der Waals surface area contributed by atoms with E-state index >= 15 is 0 Å². The molecule has 0 aromatic heterocycles. The van der Waals surface area contributed by atoms with Gasteiger partial charge in [0.15, 0.2) is 0 Å². The molecule has 1 rings (SSSR count). The number of halogens is 2. The van der Waals surface area contributed by atoms with Crippen molar-refractivity contribution in [1.29, 1.82) is 0 Å². The summed E-state index contributed by atoms with van der Waals surface area (Å²) in [5.74, 6) is -0.239. The minimum Gasteiger partial charge on any atom is -0.395 e. The first-order valence-corrected chi connectivity index (χ1v) is 5.23. The molecule has 1 aromatic carbocycles. The number of hydrogen-bond acceptors (Lipinski definition) is 2. The number of aliphatic hydroxyl groups is 1. The third-order valence-corrected chi connectivity index (χ3v) is 2.48. The summed E-state index contributed by atoms with van der Waals surface area (Å²) in [5.41, 5.74) is 0.613. The summed E-state index contributed by atoms with van der Waals surface area (Å²) in [6, 6.07) is 4.88. The monoisotopic (exact) mass is 261 g/mol. The zero-order chi connectivity index (χ0) is 10.6. The van der Waals surface area contributed by atoms with Gasteiger partial charge in [0.25, 0.3) is 0 Å². The maximum atomic E-state index is 13.4. The van der Waals surface area contributed by atoms with E-state index in [4.69, 9.17) is 5.11 Å². The van der Waals surface area contributed by atoms with E-state index in [1.54, 1.807) is 12.1 Å². The highest BCUT2D eigenvalue weighted by atomic mass is 79.9. The van der Waals surface area contributed by atoms with Crippen LogP contribution in [0.3, 0.4) is 0 Å². The SMILES string of the molecule is CC(NCCO)c1ccc(Br)cc1F. The van der Waals surface area contributed by atoms with Crippen molar-refractivity contribution >= 4 is 15.9 Å². The van der Waals surface area contributed by atoms with E-state index in [2.05, 4.69) is 21.2 Å². The molecule has 0 spiro atoms. The van der Waals surface area contributed by atoms with Gasteiger partial charge in [-0.3, -0.25) is 0 Å². The summed E-state index contributed by atoms with van der Waals surface area (Å²) in [6.07, 6.45) is 0. The van der Waals surface area contributed by atoms with Crippen LogP contribution in [-0.2, 0) is 0 Å². The molecule has 1 aromatic rings. The van der Waals surface area contributed by atoms with Crippen molar-refractivity contribution in [2.24, 2.45) is 0 Å². The Morgan fingerprint density at radius 3 is 2.86 bits per heavy atom. The Hall–Kier alpha value is -0.450. The van der Waals surface area contributed by atoms with Crippen LogP contribution in [-0.4, -0.2) is 18.3 Å². The minimum absolute atomic E-state index is 0.0580. The van der Waals surface area contributed by atoms with Crippen LogP contribution in [0.2, 0.25) is 0 Å². The van der Waals surface area contributed by atoms with Gasteiger partial charge in [-0.05, 0) is 19.1 Å². The molecule has 0 saturated heterocycles. The van der Waals surface area contributed by atoms with E-state index in [-0.39, 0.29) is 18.5 Å². The molecule has 0 aliphatic rings. The average molecular weight is 262 g/mol. The first kappa shape index (κ1) is 11.6. The van der Waals surface area contributed by atoms with Crippen LogP contribution < -0.4 is 5.32 Å². The molecule has 2 N–H and O–H groups in total. The smallest absolute Gasteiger partial charge is 0.129 e. The Kier molecular flexibility index (Phi) is 4.51. The summed E-state index contributed by atoms with van der Waals surface area (Å²) < 4.78 is 14.1. The van der Waals surface area contributed by atoms with Crippen LogP contribution in [0.4, 0.5) is 4.39 Å². The van der Waals surface area contributed by atoms with Crippen LogP contribution in [0.25, 0.3) is 0 Å². The molecule has 78 valence electrons. The van der Waals surface area contributed by atoms with Gasteiger partial charge < -0.3 is 10.4 Å². The molecule has 0 amide bonds. The molecule has 0 bridgehead atoms. The van der Waals surface area contributed by atoms with Crippen molar-refractivity contribution in [1.82, 2.24) is 5.32 Å². The number of aliphatic hydroxyl groups excluding tert-OH is 1. The maximum absolute atomic E-state index is 13.4. The van der Waals surface area contributed by atoms with Crippen LogP contribution in [0, 0.1) is 5.82 Å².